The van der Waals surface area contributed by atoms with E-state index in [1.165, 1.54) is 0 Å². The SMILES string of the molecule is Cc1nccn1Cc1ccc(C(=O)Nc2ccc(Oc3ccccc3)cc2)cc1. The van der Waals surface area contributed by atoms with E-state index in [1.54, 1.807) is 6.20 Å². The molecule has 3 aromatic carbocycles. The number of imidazole rings is 1. The minimum Gasteiger partial charge on any atom is -0.457 e. The van der Waals surface area contributed by atoms with Gasteiger partial charge in [-0.2, -0.15) is 0 Å². The fourth-order valence-corrected chi connectivity index (χ4v) is 2.96. The molecule has 4 aromatic rings. The van der Waals surface area contributed by atoms with Gasteiger partial charge in [-0.05, 0) is 61.0 Å². The number of aromatic nitrogens is 2. The number of nitrogens with zero attached hydrogens (tertiary/aromatic N) is 2. The second-order valence-electron chi connectivity index (χ2n) is 6.69. The number of hydrogen-bond donors (Lipinski definition) is 1. The monoisotopic (exact) mass is 383 g/mol. The Morgan fingerprint density at radius 1 is 0.931 bits per heavy atom. The molecule has 0 bridgehead atoms. The Kier molecular flexibility index (Phi) is 5.38. The third kappa shape index (κ3) is 4.71. The zero-order valence-electron chi connectivity index (χ0n) is 16.1. The van der Waals surface area contributed by atoms with Gasteiger partial charge in [0.2, 0.25) is 0 Å². The highest BCUT2D eigenvalue weighted by atomic mass is 16.5. The van der Waals surface area contributed by atoms with Crippen LogP contribution in [0.1, 0.15) is 21.7 Å². The maximum atomic E-state index is 12.5. The maximum Gasteiger partial charge on any atom is 0.255 e. The Balaban J connectivity index is 1.37. The predicted molar refractivity (Wildman–Crippen MR) is 113 cm³/mol. The Bertz CT molecular complexity index is 1090. The summed E-state index contributed by atoms with van der Waals surface area (Å²) < 4.78 is 7.83. The van der Waals surface area contributed by atoms with Crippen LogP contribution in [0.25, 0.3) is 0 Å². The van der Waals surface area contributed by atoms with Crippen molar-refractivity contribution in [2.24, 2.45) is 0 Å². The number of amides is 1. The fraction of sp³-hybridized carbons (Fsp3) is 0.0833. The average Bonchev–Trinajstić information content (AvgIpc) is 3.15. The number of anilines is 1. The lowest BCUT2D eigenvalue weighted by Gasteiger charge is -2.09. The second-order valence-corrected chi connectivity index (χ2v) is 6.69. The molecule has 1 amide bonds. The number of hydrogen-bond acceptors (Lipinski definition) is 3. The molecule has 0 atom stereocenters. The minimum atomic E-state index is -0.146. The molecule has 0 fully saturated rings. The molecule has 29 heavy (non-hydrogen) atoms. The van der Waals surface area contributed by atoms with Gasteiger partial charge in [0, 0.05) is 30.2 Å². The van der Waals surface area contributed by atoms with Crippen LogP contribution in [-0.2, 0) is 6.54 Å². The highest BCUT2D eigenvalue weighted by molar-refractivity contribution is 6.04. The van der Waals surface area contributed by atoms with Crippen molar-refractivity contribution in [1.29, 1.82) is 0 Å². The smallest absolute Gasteiger partial charge is 0.255 e. The van der Waals surface area contributed by atoms with E-state index in [2.05, 4.69) is 14.9 Å². The van der Waals surface area contributed by atoms with Crippen molar-refractivity contribution >= 4 is 11.6 Å². The zero-order chi connectivity index (χ0) is 20.1. The average molecular weight is 383 g/mol. The van der Waals surface area contributed by atoms with Crippen molar-refractivity contribution < 1.29 is 9.53 Å². The van der Waals surface area contributed by atoms with Crippen molar-refractivity contribution in [2.45, 2.75) is 13.5 Å². The van der Waals surface area contributed by atoms with Crippen molar-refractivity contribution in [3.8, 4) is 11.5 Å². The Morgan fingerprint density at radius 3 is 2.28 bits per heavy atom. The molecule has 1 heterocycles. The molecule has 0 aliphatic heterocycles. The summed E-state index contributed by atoms with van der Waals surface area (Å²) >= 11 is 0. The van der Waals surface area contributed by atoms with Gasteiger partial charge in [-0.3, -0.25) is 4.79 Å². The van der Waals surface area contributed by atoms with Crippen LogP contribution in [0.4, 0.5) is 5.69 Å². The van der Waals surface area contributed by atoms with Gasteiger partial charge in [0.15, 0.2) is 0 Å². The lowest BCUT2D eigenvalue weighted by molar-refractivity contribution is 0.102. The van der Waals surface area contributed by atoms with Gasteiger partial charge in [0.1, 0.15) is 17.3 Å². The molecule has 0 saturated heterocycles. The van der Waals surface area contributed by atoms with Gasteiger partial charge in [0.05, 0.1) is 0 Å². The molecule has 0 saturated carbocycles. The van der Waals surface area contributed by atoms with Crippen molar-refractivity contribution in [2.75, 3.05) is 5.32 Å². The van der Waals surface area contributed by atoms with Crippen molar-refractivity contribution in [3.63, 3.8) is 0 Å². The van der Waals surface area contributed by atoms with Crippen LogP contribution < -0.4 is 10.1 Å². The number of carbonyl (C=O) groups is 1. The van der Waals surface area contributed by atoms with E-state index in [9.17, 15) is 4.79 Å². The van der Waals surface area contributed by atoms with Gasteiger partial charge in [-0.15, -0.1) is 0 Å². The molecule has 0 spiro atoms. The van der Waals surface area contributed by atoms with Gasteiger partial charge in [-0.1, -0.05) is 30.3 Å². The second kappa shape index (κ2) is 8.44. The first-order valence-electron chi connectivity index (χ1n) is 9.38. The molecule has 4 rings (SSSR count). The third-order valence-corrected chi connectivity index (χ3v) is 4.58. The first kappa shape index (κ1) is 18.5. The van der Waals surface area contributed by atoms with E-state index < -0.39 is 0 Å². The molecular weight excluding hydrogens is 362 g/mol. The van der Waals surface area contributed by atoms with E-state index >= 15 is 0 Å². The van der Waals surface area contributed by atoms with E-state index in [1.807, 2.05) is 92.0 Å². The zero-order valence-corrected chi connectivity index (χ0v) is 16.1. The molecule has 0 unspecified atom stereocenters. The molecule has 0 aliphatic rings. The summed E-state index contributed by atoms with van der Waals surface area (Å²) in [6, 6.07) is 24.5. The lowest BCUT2D eigenvalue weighted by Crippen LogP contribution is -2.12. The number of benzene rings is 3. The third-order valence-electron chi connectivity index (χ3n) is 4.58. The van der Waals surface area contributed by atoms with Gasteiger partial charge >= 0.3 is 0 Å². The topological polar surface area (TPSA) is 56.2 Å². The normalized spacial score (nSPS) is 10.5. The summed E-state index contributed by atoms with van der Waals surface area (Å²) in [5.74, 6) is 2.31. The van der Waals surface area contributed by atoms with Gasteiger partial charge in [-0.25, -0.2) is 4.98 Å². The molecule has 0 radical (unpaired) electrons. The lowest BCUT2D eigenvalue weighted by atomic mass is 10.1. The van der Waals surface area contributed by atoms with Crippen molar-refractivity contribution in [1.82, 2.24) is 9.55 Å². The van der Waals surface area contributed by atoms with E-state index in [0.29, 0.717) is 17.0 Å². The van der Waals surface area contributed by atoms with Gasteiger partial charge < -0.3 is 14.6 Å². The Morgan fingerprint density at radius 2 is 1.62 bits per heavy atom. The van der Waals surface area contributed by atoms with Gasteiger partial charge in [0.25, 0.3) is 5.91 Å². The number of ether oxygens (including phenoxy) is 1. The summed E-state index contributed by atoms with van der Waals surface area (Å²) in [7, 11) is 0. The fourth-order valence-electron chi connectivity index (χ4n) is 2.96. The summed E-state index contributed by atoms with van der Waals surface area (Å²) in [6.45, 7) is 2.70. The molecule has 5 heteroatoms. The van der Waals surface area contributed by atoms with Crippen LogP contribution in [0, 0.1) is 6.92 Å². The van der Waals surface area contributed by atoms with Crippen molar-refractivity contribution in [3.05, 3.63) is 108 Å². The summed E-state index contributed by atoms with van der Waals surface area (Å²) in [5, 5.41) is 2.91. The van der Waals surface area contributed by atoms with E-state index in [4.69, 9.17) is 4.74 Å². The highest BCUT2D eigenvalue weighted by Gasteiger charge is 2.07. The number of nitrogens with one attached hydrogen (secondary N) is 1. The first-order chi connectivity index (χ1) is 14.2. The quantitative estimate of drug-likeness (QED) is 0.492. The predicted octanol–water partition coefficient (Wildman–Crippen LogP) is 5.28. The molecule has 1 aromatic heterocycles. The number of aryl methyl sites for hydroxylation is 1. The standard InChI is InChI=1S/C24H21N3O2/c1-18-25-15-16-27(18)17-19-7-9-20(10-8-19)24(28)26-21-11-13-23(14-12-21)29-22-5-3-2-4-6-22/h2-16H,17H2,1H3,(H,26,28). The largest absolute Gasteiger partial charge is 0.457 e. The summed E-state index contributed by atoms with van der Waals surface area (Å²) in [4.78, 5) is 16.7. The number of carbonyl (C=O) groups excluding carboxylic acids is 1. The molecule has 5 nitrogen and oxygen atoms in total. The van der Waals surface area contributed by atoms with E-state index in [0.717, 1.165) is 23.7 Å². The van der Waals surface area contributed by atoms with E-state index in [-0.39, 0.29) is 5.91 Å². The molecule has 1 N–H and O–H groups in total. The van der Waals surface area contributed by atoms with Crippen LogP contribution in [0.5, 0.6) is 11.5 Å². The Labute approximate surface area is 169 Å². The minimum absolute atomic E-state index is 0.146. The maximum absolute atomic E-state index is 12.5. The summed E-state index contributed by atoms with van der Waals surface area (Å²) in [6.07, 6.45) is 3.73. The van der Waals surface area contributed by atoms with Crippen LogP contribution >= 0.6 is 0 Å². The molecular formula is C24H21N3O2. The summed E-state index contributed by atoms with van der Waals surface area (Å²) in [5.41, 5.74) is 2.44. The highest BCUT2D eigenvalue weighted by Crippen LogP contribution is 2.23. The first-order valence-corrected chi connectivity index (χ1v) is 9.38. The molecule has 144 valence electrons. The molecule has 0 aliphatic carbocycles. The number of para-hydroxylation sites is 1. The van der Waals surface area contributed by atoms with Crippen LogP contribution in [0.2, 0.25) is 0 Å². The number of rotatable bonds is 6. The van der Waals surface area contributed by atoms with Crippen LogP contribution in [0.15, 0.2) is 91.3 Å². The van der Waals surface area contributed by atoms with Crippen LogP contribution in [0.3, 0.4) is 0 Å². The Hall–Kier alpha value is -3.86. The van der Waals surface area contributed by atoms with Crippen LogP contribution in [-0.4, -0.2) is 15.5 Å².